The molecule has 0 atom stereocenters. The van der Waals surface area contributed by atoms with Gasteiger partial charge < -0.3 is 14.8 Å². The van der Waals surface area contributed by atoms with Gasteiger partial charge in [-0.05, 0) is 62.9 Å². The Morgan fingerprint density at radius 2 is 1.96 bits per heavy atom. The largest absolute Gasteiger partial charge is 0.390 e. The summed E-state index contributed by atoms with van der Waals surface area (Å²) in [5.74, 6) is -0.110. The molecule has 0 unspecified atom stereocenters. The summed E-state index contributed by atoms with van der Waals surface area (Å²) in [7, 11) is 0. The van der Waals surface area contributed by atoms with Gasteiger partial charge in [0.25, 0.3) is 5.91 Å². The number of pyridine rings is 1. The second kappa shape index (κ2) is 7.30. The van der Waals surface area contributed by atoms with Crippen LogP contribution in [0, 0.1) is 6.92 Å². The summed E-state index contributed by atoms with van der Waals surface area (Å²) in [6.45, 7) is 6.04. The van der Waals surface area contributed by atoms with E-state index in [2.05, 4.69) is 10.3 Å². The number of nitrogens with one attached hydrogen (secondary N) is 1. The van der Waals surface area contributed by atoms with Crippen molar-refractivity contribution in [1.82, 2.24) is 14.7 Å². The first-order valence-electron chi connectivity index (χ1n) is 8.84. The van der Waals surface area contributed by atoms with Gasteiger partial charge in [0, 0.05) is 11.8 Å². The monoisotopic (exact) mass is 351 g/mol. The van der Waals surface area contributed by atoms with Crippen LogP contribution in [-0.2, 0) is 13.0 Å². The van der Waals surface area contributed by atoms with Gasteiger partial charge in [-0.1, -0.05) is 18.2 Å². The fourth-order valence-electron chi connectivity index (χ4n) is 2.88. The van der Waals surface area contributed by atoms with Crippen molar-refractivity contribution in [3.63, 3.8) is 0 Å². The molecule has 3 rings (SSSR count). The van der Waals surface area contributed by atoms with E-state index in [-0.39, 0.29) is 5.91 Å². The van der Waals surface area contributed by atoms with Gasteiger partial charge in [-0.25, -0.2) is 4.98 Å². The second-order valence-electron chi connectivity index (χ2n) is 7.33. The summed E-state index contributed by atoms with van der Waals surface area (Å²) >= 11 is 0. The molecule has 26 heavy (non-hydrogen) atoms. The second-order valence-corrected chi connectivity index (χ2v) is 7.33. The van der Waals surface area contributed by atoms with Crippen LogP contribution < -0.4 is 5.32 Å². The Bertz CT molecular complexity index is 905. The molecule has 3 aromatic rings. The Morgan fingerprint density at radius 3 is 2.65 bits per heavy atom. The summed E-state index contributed by atoms with van der Waals surface area (Å²) in [5, 5.41) is 12.8. The average molecular weight is 351 g/mol. The normalized spacial score (nSPS) is 11.7. The number of amides is 1. The minimum Gasteiger partial charge on any atom is -0.390 e. The number of rotatable bonds is 6. The van der Waals surface area contributed by atoms with Gasteiger partial charge in [0.2, 0.25) is 0 Å². The minimum absolute atomic E-state index is 0.110. The summed E-state index contributed by atoms with van der Waals surface area (Å²) < 4.78 is 2.00. The molecule has 0 aliphatic rings. The van der Waals surface area contributed by atoms with Crippen molar-refractivity contribution in [3.8, 4) is 0 Å². The Kier molecular flexibility index (Phi) is 5.09. The summed E-state index contributed by atoms with van der Waals surface area (Å²) in [6, 6.07) is 11.5. The molecule has 0 fully saturated rings. The molecular formula is C21H25N3O2. The van der Waals surface area contributed by atoms with Crippen LogP contribution in [0.15, 0.2) is 48.8 Å². The molecule has 0 saturated carbocycles. The van der Waals surface area contributed by atoms with Gasteiger partial charge in [0.05, 0.1) is 24.0 Å². The fraction of sp³-hybridized carbons (Fsp3) is 0.333. The minimum atomic E-state index is -0.678. The van der Waals surface area contributed by atoms with Crippen LogP contribution >= 0.6 is 0 Å². The third-order valence-corrected chi connectivity index (χ3v) is 4.48. The SMILES string of the molecule is Cc1cccn2c(CNC(=O)c3ccc(CCC(C)(C)O)cc3)cnc12. The highest BCUT2D eigenvalue weighted by Gasteiger charge is 2.13. The Labute approximate surface area is 153 Å². The van der Waals surface area contributed by atoms with Crippen molar-refractivity contribution >= 4 is 11.6 Å². The van der Waals surface area contributed by atoms with Crippen LogP contribution in [0.4, 0.5) is 0 Å². The molecule has 0 spiro atoms. The van der Waals surface area contributed by atoms with Crippen LogP contribution in [0.25, 0.3) is 5.65 Å². The Hall–Kier alpha value is -2.66. The predicted octanol–water partition coefficient (Wildman–Crippen LogP) is 3.28. The van der Waals surface area contributed by atoms with Crippen LogP contribution in [0.2, 0.25) is 0 Å². The molecule has 0 saturated heterocycles. The average Bonchev–Trinajstić information content (AvgIpc) is 3.02. The lowest BCUT2D eigenvalue weighted by molar-refractivity contribution is 0.0713. The van der Waals surface area contributed by atoms with E-state index in [0.29, 0.717) is 18.5 Å². The molecule has 5 nitrogen and oxygen atoms in total. The van der Waals surface area contributed by atoms with Gasteiger partial charge in [0.15, 0.2) is 0 Å². The van der Waals surface area contributed by atoms with Crippen molar-refractivity contribution in [1.29, 1.82) is 0 Å². The predicted molar refractivity (Wildman–Crippen MR) is 102 cm³/mol. The van der Waals surface area contributed by atoms with Crippen LogP contribution in [0.5, 0.6) is 0 Å². The standard InChI is InChI=1S/C21H25N3O2/c1-15-5-4-12-24-18(13-22-19(15)24)14-23-20(25)17-8-6-16(7-9-17)10-11-21(2,3)26/h4-9,12-13,26H,10-11,14H2,1-3H3,(H,23,25). The number of carbonyl (C=O) groups excluding carboxylic acids is 1. The lowest BCUT2D eigenvalue weighted by Crippen LogP contribution is -2.23. The lowest BCUT2D eigenvalue weighted by Gasteiger charge is -2.16. The van der Waals surface area contributed by atoms with E-state index in [1.165, 1.54) is 0 Å². The van der Waals surface area contributed by atoms with Crippen molar-refractivity contribution in [3.05, 3.63) is 71.2 Å². The Balaban J connectivity index is 1.62. The van der Waals surface area contributed by atoms with Crippen LogP contribution in [-0.4, -0.2) is 26.0 Å². The number of nitrogens with zero attached hydrogens (tertiary/aromatic N) is 2. The van der Waals surface area contributed by atoms with E-state index in [1.807, 2.05) is 53.9 Å². The maximum absolute atomic E-state index is 12.4. The summed E-state index contributed by atoms with van der Waals surface area (Å²) in [5.41, 5.74) is 4.02. The highest BCUT2D eigenvalue weighted by atomic mass is 16.3. The molecular weight excluding hydrogens is 326 g/mol. The van der Waals surface area contributed by atoms with E-state index >= 15 is 0 Å². The fourth-order valence-corrected chi connectivity index (χ4v) is 2.88. The van der Waals surface area contributed by atoms with E-state index < -0.39 is 5.60 Å². The van der Waals surface area contributed by atoms with E-state index in [9.17, 15) is 9.90 Å². The first kappa shape index (κ1) is 18.1. The van der Waals surface area contributed by atoms with E-state index in [0.717, 1.165) is 28.9 Å². The number of aliphatic hydroxyl groups is 1. The molecule has 0 aliphatic carbocycles. The maximum atomic E-state index is 12.4. The van der Waals surface area contributed by atoms with Crippen LogP contribution in [0.1, 0.15) is 47.4 Å². The number of benzene rings is 1. The molecule has 1 aromatic carbocycles. The van der Waals surface area contributed by atoms with E-state index in [4.69, 9.17) is 0 Å². The zero-order chi connectivity index (χ0) is 18.7. The highest BCUT2D eigenvalue weighted by molar-refractivity contribution is 5.94. The van der Waals surface area contributed by atoms with Gasteiger partial charge in [-0.15, -0.1) is 0 Å². The zero-order valence-corrected chi connectivity index (χ0v) is 15.5. The summed E-state index contributed by atoms with van der Waals surface area (Å²) in [6.07, 6.45) is 5.22. The third-order valence-electron chi connectivity index (χ3n) is 4.48. The smallest absolute Gasteiger partial charge is 0.251 e. The van der Waals surface area contributed by atoms with Gasteiger partial charge >= 0.3 is 0 Å². The molecule has 2 aromatic heterocycles. The molecule has 0 aliphatic heterocycles. The molecule has 0 bridgehead atoms. The Morgan fingerprint density at radius 1 is 1.23 bits per heavy atom. The molecule has 2 heterocycles. The molecule has 2 N–H and O–H groups in total. The number of imidazole rings is 1. The molecule has 5 heteroatoms. The number of hydrogen-bond acceptors (Lipinski definition) is 3. The number of aromatic nitrogens is 2. The number of aryl methyl sites for hydroxylation is 2. The van der Waals surface area contributed by atoms with Crippen molar-refractivity contribution in [2.24, 2.45) is 0 Å². The van der Waals surface area contributed by atoms with Crippen LogP contribution in [0.3, 0.4) is 0 Å². The lowest BCUT2D eigenvalue weighted by atomic mass is 9.98. The van der Waals surface area contributed by atoms with Gasteiger partial charge in [0.1, 0.15) is 5.65 Å². The zero-order valence-electron chi connectivity index (χ0n) is 15.5. The number of hydrogen-bond donors (Lipinski definition) is 2. The van der Waals surface area contributed by atoms with Gasteiger partial charge in [-0.2, -0.15) is 0 Å². The van der Waals surface area contributed by atoms with E-state index in [1.54, 1.807) is 20.0 Å². The molecule has 136 valence electrons. The van der Waals surface area contributed by atoms with Crippen molar-refractivity contribution in [2.75, 3.05) is 0 Å². The summed E-state index contributed by atoms with van der Waals surface area (Å²) in [4.78, 5) is 16.8. The maximum Gasteiger partial charge on any atom is 0.251 e. The quantitative estimate of drug-likeness (QED) is 0.716. The first-order valence-corrected chi connectivity index (χ1v) is 8.84. The van der Waals surface area contributed by atoms with Crippen molar-refractivity contribution < 1.29 is 9.90 Å². The highest BCUT2D eigenvalue weighted by Crippen LogP contribution is 2.14. The number of fused-ring (bicyclic) bond motifs is 1. The van der Waals surface area contributed by atoms with Gasteiger partial charge in [-0.3, -0.25) is 4.79 Å². The molecule has 0 radical (unpaired) electrons. The third kappa shape index (κ3) is 4.29. The number of carbonyl (C=O) groups is 1. The molecule has 1 amide bonds. The topological polar surface area (TPSA) is 66.6 Å². The first-order chi connectivity index (χ1) is 12.3. The van der Waals surface area contributed by atoms with Crippen molar-refractivity contribution in [2.45, 2.75) is 45.8 Å².